The molecule has 3 aromatic rings. The molecule has 140 valence electrons. The zero-order chi connectivity index (χ0) is 18.6. The van der Waals surface area contributed by atoms with Crippen LogP contribution in [0.15, 0.2) is 52.2 Å². The lowest BCUT2D eigenvalue weighted by atomic mass is 10.1. The molecule has 0 atom stereocenters. The molecule has 1 aliphatic rings. The average molecular weight is 382 g/mol. The number of amides is 1. The average Bonchev–Trinajstić information content (AvgIpc) is 3.23. The first-order valence-corrected chi connectivity index (χ1v) is 10.1. The molecule has 27 heavy (non-hydrogen) atoms. The largest absolute Gasteiger partial charge is 0.467 e. The fourth-order valence-corrected chi connectivity index (χ4v) is 3.72. The Labute approximate surface area is 162 Å². The minimum absolute atomic E-state index is 0.0104. The summed E-state index contributed by atoms with van der Waals surface area (Å²) in [5.74, 6) is 2.64. The molecule has 1 fully saturated rings. The maximum absolute atomic E-state index is 12.3. The number of rotatable bonds is 8. The number of furan rings is 1. The van der Waals surface area contributed by atoms with Crippen LogP contribution in [0.25, 0.3) is 0 Å². The molecule has 1 saturated carbocycles. The van der Waals surface area contributed by atoms with Gasteiger partial charge in [0.1, 0.15) is 11.6 Å². The van der Waals surface area contributed by atoms with Crippen LogP contribution in [0, 0.1) is 6.92 Å². The number of benzene rings is 1. The molecular formula is C20H22N4O2S. The molecule has 2 heterocycles. The summed E-state index contributed by atoms with van der Waals surface area (Å²) in [6.45, 7) is 3.18. The van der Waals surface area contributed by atoms with E-state index < -0.39 is 0 Å². The van der Waals surface area contributed by atoms with Crippen molar-refractivity contribution in [3.63, 3.8) is 0 Å². The van der Waals surface area contributed by atoms with Gasteiger partial charge >= 0.3 is 0 Å². The number of hydrogen-bond acceptors (Lipinski definition) is 5. The maximum atomic E-state index is 12.3. The van der Waals surface area contributed by atoms with Gasteiger partial charge in [-0.3, -0.25) is 9.36 Å². The van der Waals surface area contributed by atoms with Crippen molar-refractivity contribution in [2.75, 3.05) is 5.75 Å². The molecule has 0 saturated heterocycles. The van der Waals surface area contributed by atoms with Crippen LogP contribution in [0.4, 0.5) is 0 Å². The number of nitrogens with zero attached hydrogens (tertiary/aromatic N) is 3. The molecular weight excluding hydrogens is 360 g/mol. The predicted octanol–water partition coefficient (Wildman–Crippen LogP) is 3.51. The van der Waals surface area contributed by atoms with Crippen LogP contribution >= 0.6 is 11.8 Å². The second-order valence-electron chi connectivity index (χ2n) is 6.77. The number of aryl methyl sites for hydroxylation is 1. The van der Waals surface area contributed by atoms with Crippen molar-refractivity contribution in [1.29, 1.82) is 0 Å². The lowest BCUT2D eigenvalue weighted by Crippen LogP contribution is -2.25. The van der Waals surface area contributed by atoms with Gasteiger partial charge in [-0.15, -0.1) is 10.2 Å². The van der Waals surface area contributed by atoms with Crippen LogP contribution in [0.3, 0.4) is 0 Å². The van der Waals surface area contributed by atoms with E-state index >= 15 is 0 Å². The molecule has 1 aliphatic carbocycles. The first-order valence-electron chi connectivity index (χ1n) is 9.10. The normalized spacial score (nSPS) is 13.7. The molecule has 1 amide bonds. The third-order valence-corrected chi connectivity index (χ3v) is 5.62. The molecule has 0 bridgehead atoms. The van der Waals surface area contributed by atoms with Crippen molar-refractivity contribution in [2.24, 2.45) is 0 Å². The van der Waals surface area contributed by atoms with E-state index in [9.17, 15) is 4.79 Å². The van der Waals surface area contributed by atoms with Gasteiger partial charge in [-0.25, -0.2) is 0 Å². The van der Waals surface area contributed by atoms with Gasteiger partial charge in [0.05, 0.1) is 18.6 Å². The van der Waals surface area contributed by atoms with Gasteiger partial charge in [-0.05, 0) is 43.0 Å². The van der Waals surface area contributed by atoms with E-state index in [0.717, 1.165) is 35.1 Å². The lowest BCUT2D eigenvalue weighted by Gasteiger charge is -2.09. The van der Waals surface area contributed by atoms with Crippen LogP contribution in [-0.2, 0) is 17.9 Å². The first-order chi connectivity index (χ1) is 13.2. The number of hydrogen-bond donors (Lipinski definition) is 1. The standard InChI is InChI=1S/C20H22N4O2S/c1-14-5-2-3-6-16(14)11-21-18(25)13-27-20-23-22-19(15-8-9-15)24(20)12-17-7-4-10-26-17/h2-7,10,15H,8-9,11-13H2,1H3,(H,21,25). The fourth-order valence-electron chi connectivity index (χ4n) is 2.94. The Morgan fingerprint density at radius 1 is 1.26 bits per heavy atom. The fraction of sp³-hybridized carbons (Fsp3) is 0.350. The van der Waals surface area contributed by atoms with Crippen LogP contribution in [-0.4, -0.2) is 26.4 Å². The lowest BCUT2D eigenvalue weighted by molar-refractivity contribution is -0.118. The Kier molecular flexibility index (Phi) is 5.29. The van der Waals surface area contributed by atoms with Crippen molar-refractivity contribution in [3.05, 3.63) is 65.4 Å². The van der Waals surface area contributed by atoms with Crippen LogP contribution in [0.2, 0.25) is 0 Å². The minimum Gasteiger partial charge on any atom is -0.467 e. The minimum atomic E-state index is -0.0104. The molecule has 0 unspecified atom stereocenters. The Morgan fingerprint density at radius 3 is 2.85 bits per heavy atom. The van der Waals surface area contributed by atoms with Crippen LogP contribution in [0.1, 0.15) is 41.5 Å². The van der Waals surface area contributed by atoms with Crippen molar-refractivity contribution >= 4 is 17.7 Å². The summed E-state index contributed by atoms with van der Waals surface area (Å²) < 4.78 is 7.56. The van der Waals surface area contributed by atoms with E-state index in [1.807, 2.05) is 43.3 Å². The Balaban J connectivity index is 1.37. The number of nitrogens with one attached hydrogen (secondary N) is 1. The summed E-state index contributed by atoms with van der Waals surface area (Å²) in [5, 5.41) is 12.4. The number of carbonyl (C=O) groups excluding carboxylic acids is 1. The van der Waals surface area contributed by atoms with Crippen molar-refractivity contribution < 1.29 is 9.21 Å². The zero-order valence-corrected chi connectivity index (χ0v) is 16.0. The molecule has 0 radical (unpaired) electrons. The molecule has 7 heteroatoms. The van der Waals surface area contributed by atoms with Gasteiger partial charge in [-0.1, -0.05) is 36.0 Å². The van der Waals surface area contributed by atoms with E-state index in [4.69, 9.17) is 4.42 Å². The summed E-state index contributed by atoms with van der Waals surface area (Å²) in [6, 6.07) is 11.9. The SMILES string of the molecule is Cc1ccccc1CNC(=O)CSc1nnc(C2CC2)n1Cc1ccco1. The summed E-state index contributed by atoms with van der Waals surface area (Å²) >= 11 is 1.42. The third-order valence-electron chi connectivity index (χ3n) is 4.65. The third kappa shape index (κ3) is 4.42. The summed E-state index contributed by atoms with van der Waals surface area (Å²) in [4.78, 5) is 12.3. The molecule has 0 spiro atoms. The zero-order valence-electron chi connectivity index (χ0n) is 15.2. The molecule has 2 aromatic heterocycles. The van der Waals surface area contributed by atoms with Crippen molar-refractivity contribution in [2.45, 2.75) is 43.9 Å². The topological polar surface area (TPSA) is 73.0 Å². The van der Waals surface area contributed by atoms with Gasteiger partial charge in [0.15, 0.2) is 5.16 Å². The summed E-state index contributed by atoms with van der Waals surface area (Å²) in [5.41, 5.74) is 2.31. The van der Waals surface area contributed by atoms with E-state index in [1.54, 1.807) is 6.26 Å². The number of aromatic nitrogens is 3. The van der Waals surface area contributed by atoms with Crippen molar-refractivity contribution in [1.82, 2.24) is 20.1 Å². The van der Waals surface area contributed by atoms with Gasteiger partial charge in [-0.2, -0.15) is 0 Å². The van der Waals surface area contributed by atoms with Crippen molar-refractivity contribution in [3.8, 4) is 0 Å². The van der Waals surface area contributed by atoms with Gasteiger partial charge in [0.25, 0.3) is 0 Å². The summed E-state index contributed by atoms with van der Waals surface area (Å²) in [6.07, 6.45) is 3.97. The maximum Gasteiger partial charge on any atom is 0.230 e. The Bertz CT molecular complexity index is 916. The van der Waals surface area contributed by atoms with E-state index in [-0.39, 0.29) is 5.91 Å². The van der Waals surface area contributed by atoms with E-state index in [1.165, 1.54) is 17.3 Å². The highest BCUT2D eigenvalue weighted by atomic mass is 32.2. The Morgan fingerprint density at radius 2 is 2.11 bits per heavy atom. The highest BCUT2D eigenvalue weighted by molar-refractivity contribution is 7.99. The van der Waals surface area contributed by atoms with Gasteiger partial charge in [0.2, 0.25) is 5.91 Å². The first kappa shape index (κ1) is 17.9. The second kappa shape index (κ2) is 8.00. The molecule has 1 N–H and O–H groups in total. The number of carbonyl (C=O) groups is 1. The second-order valence-corrected chi connectivity index (χ2v) is 7.71. The highest BCUT2D eigenvalue weighted by Gasteiger charge is 2.30. The highest BCUT2D eigenvalue weighted by Crippen LogP contribution is 2.40. The molecule has 1 aromatic carbocycles. The quantitative estimate of drug-likeness (QED) is 0.604. The smallest absolute Gasteiger partial charge is 0.230 e. The Hall–Kier alpha value is -2.54. The van der Waals surface area contributed by atoms with E-state index in [2.05, 4.69) is 20.1 Å². The number of thioether (sulfide) groups is 1. The summed E-state index contributed by atoms with van der Waals surface area (Å²) in [7, 11) is 0. The van der Waals surface area contributed by atoms with Crippen LogP contribution < -0.4 is 5.32 Å². The predicted molar refractivity (Wildman–Crippen MR) is 104 cm³/mol. The van der Waals surface area contributed by atoms with Gasteiger partial charge in [0, 0.05) is 12.5 Å². The molecule has 4 rings (SSSR count). The van der Waals surface area contributed by atoms with E-state index in [0.29, 0.717) is 24.8 Å². The molecule has 0 aliphatic heterocycles. The van der Waals surface area contributed by atoms with Crippen LogP contribution in [0.5, 0.6) is 0 Å². The molecule has 6 nitrogen and oxygen atoms in total. The monoisotopic (exact) mass is 382 g/mol. The van der Waals surface area contributed by atoms with Gasteiger partial charge < -0.3 is 9.73 Å².